The number of benzene rings is 2. The SMILES string of the molecule is CC(C)CC(NC(=O)c1ccc(F)cc1)C1CCN(C(=O)Oc2cccc(F)c2C#N)CC1. The van der Waals surface area contributed by atoms with Crippen LogP contribution in [0.1, 0.15) is 49.0 Å². The number of hydrogen-bond donors (Lipinski definition) is 1. The maximum Gasteiger partial charge on any atom is 0.415 e. The largest absolute Gasteiger partial charge is 0.415 e. The van der Waals surface area contributed by atoms with Crippen LogP contribution in [0, 0.1) is 34.8 Å². The van der Waals surface area contributed by atoms with Crippen molar-refractivity contribution in [3.63, 3.8) is 0 Å². The summed E-state index contributed by atoms with van der Waals surface area (Å²) in [6.07, 6.45) is 1.46. The average molecular weight is 456 g/mol. The van der Waals surface area contributed by atoms with E-state index in [1.54, 1.807) is 6.07 Å². The molecule has 33 heavy (non-hydrogen) atoms. The van der Waals surface area contributed by atoms with E-state index in [1.807, 2.05) is 0 Å². The molecule has 0 aromatic heterocycles. The Morgan fingerprint density at radius 3 is 2.42 bits per heavy atom. The van der Waals surface area contributed by atoms with Crippen molar-refractivity contribution in [2.75, 3.05) is 13.1 Å². The maximum absolute atomic E-state index is 13.8. The number of likely N-dealkylation sites (tertiary alicyclic amines) is 1. The molecule has 8 heteroatoms. The Bertz CT molecular complexity index is 1030. The van der Waals surface area contributed by atoms with Gasteiger partial charge in [0.05, 0.1) is 0 Å². The molecule has 0 radical (unpaired) electrons. The lowest BCUT2D eigenvalue weighted by molar-refractivity contribution is 0.0871. The first-order chi connectivity index (χ1) is 15.8. The van der Waals surface area contributed by atoms with Gasteiger partial charge >= 0.3 is 6.09 Å². The summed E-state index contributed by atoms with van der Waals surface area (Å²) in [5, 5.41) is 12.2. The molecule has 1 N–H and O–H groups in total. The van der Waals surface area contributed by atoms with Gasteiger partial charge in [0, 0.05) is 24.7 Å². The highest BCUT2D eigenvalue weighted by molar-refractivity contribution is 5.94. The molecule has 174 valence electrons. The summed E-state index contributed by atoms with van der Waals surface area (Å²) in [4.78, 5) is 26.8. The average Bonchev–Trinajstić information content (AvgIpc) is 2.79. The highest BCUT2D eigenvalue weighted by Crippen LogP contribution is 2.27. The standard InChI is InChI=1S/C25H27F2N3O3/c1-16(2)14-22(29-24(31)18-6-8-19(26)9-7-18)17-10-12-30(13-11-17)25(32)33-23-5-3-4-21(27)20(23)15-28/h3-9,16-17,22H,10-14H2,1-2H3,(H,29,31). The molecular formula is C25H27F2N3O3. The minimum absolute atomic E-state index is 0.0888. The van der Waals surface area contributed by atoms with Gasteiger partial charge in [0.2, 0.25) is 0 Å². The van der Waals surface area contributed by atoms with E-state index in [1.165, 1.54) is 41.3 Å². The number of halogens is 2. The molecule has 6 nitrogen and oxygen atoms in total. The lowest BCUT2D eigenvalue weighted by Gasteiger charge is -2.36. The highest BCUT2D eigenvalue weighted by Gasteiger charge is 2.31. The van der Waals surface area contributed by atoms with Gasteiger partial charge in [0.25, 0.3) is 5.91 Å². The number of hydrogen-bond acceptors (Lipinski definition) is 4. The third kappa shape index (κ3) is 6.28. The van der Waals surface area contributed by atoms with Gasteiger partial charge in [-0.1, -0.05) is 19.9 Å². The van der Waals surface area contributed by atoms with Crippen LogP contribution in [-0.2, 0) is 0 Å². The zero-order chi connectivity index (χ0) is 24.0. The predicted molar refractivity (Wildman–Crippen MR) is 119 cm³/mol. The van der Waals surface area contributed by atoms with Crippen molar-refractivity contribution in [3.8, 4) is 11.8 Å². The van der Waals surface area contributed by atoms with Crippen LogP contribution in [0.15, 0.2) is 42.5 Å². The fourth-order valence-electron chi connectivity index (χ4n) is 4.07. The number of piperidine rings is 1. The molecule has 3 rings (SSSR count). The van der Waals surface area contributed by atoms with E-state index in [2.05, 4.69) is 19.2 Å². The van der Waals surface area contributed by atoms with Crippen LogP contribution < -0.4 is 10.1 Å². The monoisotopic (exact) mass is 455 g/mol. The van der Waals surface area contributed by atoms with Crippen LogP contribution in [-0.4, -0.2) is 36.0 Å². The van der Waals surface area contributed by atoms with E-state index in [9.17, 15) is 18.4 Å². The van der Waals surface area contributed by atoms with E-state index in [4.69, 9.17) is 10.00 Å². The molecule has 1 fully saturated rings. The number of amides is 2. The Morgan fingerprint density at radius 1 is 1.15 bits per heavy atom. The predicted octanol–water partition coefficient (Wildman–Crippen LogP) is 4.89. The second-order valence-electron chi connectivity index (χ2n) is 8.63. The zero-order valence-corrected chi connectivity index (χ0v) is 18.7. The topological polar surface area (TPSA) is 82.4 Å². The molecule has 0 spiro atoms. The third-order valence-corrected chi connectivity index (χ3v) is 5.80. The summed E-state index contributed by atoms with van der Waals surface area (Å²) in [7, 11) is 0. The highest BCUT2D eigenvalue weighted by atomic mass is 19.1. The van der Waals surface area contributed by atoms with Gasteiger partial charge in [-0.15, -0.1) is 0 Å². The molecule has 2 aromatic rings. The van der Waals surface area contributed by atoms with Crippen molar-refractivity contribution in [1.82, 2.24) is 10.2 Å². The Labute approximate surface area is 192 Å². The molecular weight excluding hydrogens is 428 g/mol. The van der Waals surface area contributed by atoms with E-state index >= 15 is 0 Å². The van der Waals surface area contributed by atoms with Crippen molar-refractivity contribution in [3.05, 3.63) is 65.2 Å². The molecule has 1 atom stereocenters. The number of nitrogens with zero attached hydrogens (tertiary/aromatic N) is 2. The number of rotatable bonds is 6. The first-order valence-corrected chi connectivity index (χ1v) is 11.0. The van der Waals surface area contributed by atoms with Crippen LogP contribution in [0.2, 0.25) is 0 Å². The van der Waals surface area contributed by atoms with Gasteiger partial charge in [-0.05, 0) is 67.5 Å². The van der Waals surface area contributed by atoms with Gasteiger partial charge in [-0.25, -0.2) is 13.6 Å². The van der Waals surface area contributed by atoms with Crippen molar-refractivity contribution in [2.45, 2.75) is 39.2 Å². The molecule has 0 bridgehead atoms. The van der Waals surface area contributed by atoms with Crippen LogP contribution in [0.5, 0.6) is 5.75 Å². The molecule has 1 heterocycles. The molecule has 1 aliphatic rings. The minimum atomic E-state index is -0.741. The summed E-state index contributed by atoms with van der Waals surface area (Å²) in [6, 6.07) is 11.0. The van der Waals surface area contributed by atoms with Gasteiger partial charge in [-0.3, -0.25) is 4.79 Å². The molecule has 0 saturated carbocycles. The Kier molecular flexibility index (Phi) is 7.99. The van der Waals surface area contributed by atoms with Crippen molar-refractivity contribution < 1.29 is 23.1 Å². The summed E-state index contributed by atoms with van der Waals surface area (Å²) in [5.41, 5.74) is 0.0933. The fourth-order valence-corrected chi connectivity index (χ4v) is 4.07. The molecule has 2 aromatic carbocycles. The van der Waals surface area contributed by atoms with E-state index in [0.29, 0.717) is 37.4 Å². The van der Waals surface area contributed by atoms with Gasteiger partial charge in [0.1, 0.15) is 23.3 Å². The Morgan fingerprint density at radius 2 is 1.82 bits per heavy atom. The number of nitriles is 1. The second kappa shape index (κ2) is 10.9. The van der Waals surface area contributed by atoms with E-state index in [-0.39, 0.29) is 29.2 Å². The van der Waals surface area contributed by atoms with E-state index < -0.39 is 17.7 Å². The van der Waals surface area contributed by atoms with Gasteiger partial charge in [-0.2, -0.15) is 5.26 Å². The summed E-state index contributed by atoms with van der Waals surface area (Å²) in [6.45, 7) is 4.99. The number of ether oxygens (including phenoxy) is 1. The fraction of sp³-hybridized carbons (Fsp3) is 0.400. The maximum atomic E-state index is 13.8. The number of carbonyl (C=O) groups is 2. The molecule has 1 aliphatic heterocycles. The molecule has 1 saturated heterocycles. The van der Waals surface area contributed by atoms with E-state index in [0.717, 1.165) is 12.5 Å². The summed E-state index contributed by atoms with van der Waals surface area (Å²) in [5.74, 6) is -0.986. The normalized spacial score (nSPS) is 15.1. The van der Waals surface area contributed by atoms with Crippen LogP contribution in [0.25, 0.3) is 0 Å². The minimum Gasteiger partial charge on any atom is -0.409 e. The smallest absolute Gasteiger partial charge is 0.409 e. The quantitative estimate of drug-likeness (QED) is 0.672. The van der Waals surface area contributed by atoms with Crippen LogP contribution >= 0.6 is 0 Å². The number of nitrogens with one attached hydrogen (secondary N) is 1. The Hall–Kier alpha value is -3.47. The van der Waals surface area contributed by atoms with Crippen LogP contribution in [0.4, 0.5) is 13.6 Å². The number of carbonyl (C=O) groups excluding carboxylic acids is 2. The zero-order valence-electron chi connectivity index (χ0n) is 18.7. The van der Waals surface area contributed by atoms with Crippen molar-refractivity contribution >= 4 is 12.0 Å². The lowest BCUT2D eigenvalue weighted by atomic mass is 9.85. The molecule has 0 aliphatic carbocycles. The first kappa shape index (κ1) is 24.2. The molecule has 2 amide bonds. The first-order valence-electron chi connectivity index (χ1n) is 11.0. The van der Waals surface area contributed by atoms with Crippen molar-refractivity contribution in [1.29, 1.82) is 5.26 Å². The third-order valence-electron chi connectivity index (χ3n) is 5.80. The summed E-state index contributed by atoms with van der Waals surface area (Å²) < 4.78 is 32.2. The molecule has 1 unspecified atom stereocenters. The van der Waals surface area contributed by atoms with Crippen LogP contribution in [0.3, 0.4) is 0 Å². The van der Waals surface area contributed by atoms with Crippen molar-refractivity contribution in [2.24, 2.45) is 11.8 Å². The van der Waals surface area contributed by atoms with Gasteiger partial charge < -0.3 is 15.0 Å². The van der Waals surface area contributed by atoms with Gasteiger partial charge in [0.15, 0.2) is 5.75 Å². The lowest BCUT2D eigenvalue weighted by Crippen LogP contribution is -2.47. The summed E-state index contributed by atoms with van der Waals surface area (Å²) >= 11 is 0. The second-order valence-corrected chi connectivity index (χ2v) is 8.63. The Balaban J connectivity index is 1.61.